The Labute approximate surface area is 128 Å². The Morgan fingerprint density at radius 3 is 2.68 bits per heavy atom. The highest BCUT2D eigenvalue weighted by Crippen LogP contribution is 2.26. The fraction of sp³-hybridized carbons (Fsp3) is 0.500. The Balaban J connectivity index is 2.45. The summed E-state index contributed by atoms with van der Waals surface area (Å²) in [6.45, 7) is 5.53. The maximum Gasteiger partial charge on any atom is 0.345 e. The molecule has 2 rings (SSSR count). The van der Waals surface area contributed by atoms with Crippen LogP contribution in [0.5, 0.6) is 0 Å². The molecule has 0 saturated heterocycles. The molecule has 1 aliphatic rings. The average molecular weight is 308 g/mol. The molecule has 22 heavy (non-hydrogen) atoms. The van der Waals surface area contributed by atoms with Crippen LogP contribution in [-0.4, -0.2) is 50.7 Å². The largest absolute Gasteiger partial charge is 0.462 e. The Bertz CT molecular complexity index is 608. The topological polar surface area (TPSA) is 87.9 Å². The third kappa shape index (κ3) is 2.82. The molecule has 8 heteroatoms. The minimum atomic E-state index is -1.21. The molecule has 8 nitrogen and oxygen atoms in total. The fourth-order valence-electron chi connectivity index (χ4n) is 2.19. The summed E-state index contributed by atoms with van der Waals surface area (Å²) in [4.78, 5) is 27.2. The van der Waals surface area contributed by atoms with Crippen LogP contribution in [0.1, 0.15) is 20.8 Å². The lowest BCUT2D eigenvalue weighted by Crippen LogP contribution is -2.56. The normalized spacial score (nSPS) is 18.7. The second kappa shape index (κ2) is 6.18. The molecule has 0 aromatic carbocycles. The lowest BCUT2D eigenvalue weighted by Gasteiger charge is -2.40. The number of ether oxygens (including phenoxy) is 1. The predicted molar refractivity (Wildman–Crippen MR) is 78.4 cm³/mol. The van der Waals surface area contributed by atoms with Crippen LogP contribution in [0, 0.1) is 0 Å². The average Bonchev–Trinajstić information content (AvgIpc) is 2.85. The third-order valence-corrected chi connectivity index (χ3v) is 3.29. The van der Waals surface area contributed by atoms with Gasteiger partial charge in [0.05, 0.1) is 18.5 Å². The van der Waals surface area contributed by atoms with Crippen molar-refractivity contribution in [3.05, 3.63) is 24.2 Å². The first-order valence-corrected chi connectivity index (χ1v) is 7.03. The number of amides is 1. The molecule has 0 spiro atoms. The third-order valence-electron chi connectivity index (χ3n) is 3.29. The van der Waals surface area contributed by atoms with Gasteiger partial charge in [-0.15, -0.1) is 0 Å². The zero-order chi connectivity index (χ0) is 16.4. The first-order valence-electron chi connectivity index (χ1n) is 7.03. The summed E-state index contributed by atoms with van der Waals surface area (Å²) in [6.07, 6.45) is 3.18. The Hall–Kier alpha value is -2.35. The van der Waals surface area contributed by atoms with Crippen LogP contribution < -0.4 is 4.90 Å². The van der Waals surface area contributed by atoms with Gasteiger partial charge in [-0.1, -0.05) is 0 Å². The molecule has 0 aliphatic carbocycles. The van der Waals surface area contributed by atoms with Crippen LogP contribution in [0.15, 0.2) is 24.2 Å². The number of aromatic nitrogens is 2. The van der Waals surface area contributed by atoms with Crippen LogP contribution in [0.25, 0.3) is 0 Å². The number of carbonyl (C=O) groups is 2. The van der Waals surface area contributed by atoms with Crippen LogP contribution in [0.3, 0.4) is 0 Å². The van der Waals surface area contributed by atoms with E-state index in [0.717, 1.165) is 4.90 Å². The van der Waals surface area contributed by atoms with E-state index in [0.29, 0.717) is 5.69 Å². The Kier molecular flexibility index (Phi) is 4.51. The van der Waals surface area contributed by atoms with Crippen molar-refractivity contribution >= 4 is 17.6 Å². The molecule has 0 radical (unpaired) electrons. The van der Waals surface area contributed by atoms with Crippen molar-refractivity contribution < 1.29 is 19.4 Å². The first kappa shape index (κ1) is 16.0. The molecule has 1 aromatic rings. The number of nitrogens with zero attached hydrogens (tertiary/aromatic N) is 4. The van der Waals surface area contributed by atoms with Crippen molar-refractivity contribution in [2.24, 2.45) is 7.05 Å². The minimum absolute atomic E-state index is 0.119. The number of esters is 1. The minimum Gasteiger partial charge on any atom is -0.462 e. The van der Waals surface area contributed by atoms with E-state index in [9.17, 15) is 14.7 Å². The molecule has 120 valence electrons. The summed E-state index contributed by atoms with van der Waals surface area (Å²) in [5.41, 5.74) is 0.283. The van der Waals surface area contributed by atoms with Gasteiger partial charge in [0.25, 0.3) is 5.91 Å². The number of carbonyl (C=O) groups excluding carboxylic acids is 2. The van der Waals surface area contributed by atoms with Crippen molar-refractivity contribution in [2.45, 2.75) is 33.2 Å². The van der Waals surface area contributed by atoms with E-state index in [1.54, 1.807) is 20.2 Å². The van der Waals surface area contributed by atoms with E-state index < -0.39 is 18.2 Å². The van der Waals surface area contributed by atoms with E-state index in [2.05, 4.69) is 5.10 Å². The highest BCUT2D eigenvalue weighted by Gasteiger charge is 2.39. The zero-order valence-electron chi connectivity index (χ0n) is 13.1. The summed E-state index contributed by atoms with van der Waals surface area (Å²) in [5, 5.41) is 14.5. The van der Waals surface area contributed by atoms with E-state index in [1.807, 2.05) is 13.8 Å². The summed E-state index contributed by atoms with van der Waals surface area (Å²) in [7, 11) is 1.70. The first-order chi connectivity index (χ1) is 10.4. The smallest absolute Gasteiger partial charge is 0.345 e. The fourth-order valence-corrected chi connectivity index (χ4v) is 2.19. The van der Waals surface area contributed by atoms with Gasteiger partial charge in [-0.05, 0) is 20.8 Å². The van der Waals surface area contributed by atoms with Gasteiger partial charge in [0.15, 0.2) is 0 Å². The van der Waals surface area contributed by atoms with Crippen LogP contribution in [0.2, 0.25) is 0 Å². The number of hydrogen-bond acceptors (Lipinski definition) is 6. The second-order valence-corrected chi connectivity index (χ2v) is 5.20. The molecule has 1 atom stereocenters. The summed E-state index contributed by atoms with van der Waals surface area (Å²) < 4.78 is 6.43. The van der Waals surface area contributed by atoms with E-state index in [4.69, 9.17) is 4.74 Å². The summed E-state index contributed by atoms with van der Waals surface area (Å²) in [6, 6.07) is -0.119. The quantitative estimate of drug-likeness (QED) is 0.631. The molecule has 1 amide bonds. The highest BCUT2D eigenvalue weighted by atomic mass is 16.5. The van der Waals surface area contributed by atoms with Crippen LogP contribution in [0.4, 0.5) is 5.69 Å². The number of aryl methyl sites for hydroxylation is 1. The van der Waals surface area contributed by atoms with Gasteiger partial charge in [-0.25, -0.2) is 4.79 Å². The molecular formula is C14H20N4O4. The lowest BCUT2D eigenvalue weighted by molar-refractivity contribution is -0.141. The van der Waals surface area contributed by atoms with Crippen molar-refractivity contribution in [1.29, 1.82) is 0 Å². The van der Waals surface area contributed by atoms with Gasteiger partial charge in [0.1, 0.15) is 5.57 Å². The highest BCUT2D eigenvalue weighted by molar-refractivity contribution is 6.22. The number of aliphatic hydroxyl groups is 1. The number of aliphatic hydroxyl groups excluding tert-OH is 1. The molecule has 1 unspecified atom stereocenters. The maximum absolute atomic E-state index is 12.6. The summed E-state index contributed by atoms with van der Waals surface area (Å²) in [5.74, 6) is -1.32. The number of rotatable bonds is 4. The maximum atomic E-state index is 12.6. The Morgan fingerprint density at radius 2 is 2.18 bits per heavy atom. The molecule has 1 N–H and O–H groups in total. The molecule has 0 bridgehead atoms. The molecule has 0 fully saturated rings. The molecule has 1 aromatic heterocycles. The molecule has 0 saturated carbocycles. The van der Waals surface area contributed by atoms with Crippen molar-refractivity contribution in [3.8, 4) is 0 Å². The number of hydrogen-bond donors (Lipinski definition) is 1. The predicted octanol–water partition coefficient (Wildman–Crippen LogP) is 0.200. The second-order valence-electron chi connectivity index (χ2n) is 5.20. The monoisotopic (exact) mass is 308 g/mol. The van der Waals surface area contributed by atoms with E-state index in [-0.39, 0.29) is 18.2 Å². The summed E-state index contributed by atoms with van der Waals surface area (Å²) >= 11 is 0. The van der Waals surface area contributed by atoms with Gasteiger partial charge in [0, 0.05) is 25.5 Å². The van der Waals surface area contributed by atoms with E-state index in [1.165, 1.54) is 22.0 Å². The number of anilines is 1. The van der Waals surface area contributed by atoms with Crippen LogP contribution >= 0.6 is 0 Å². The van der Waals surface area contributed by atoms with Gasteiger partial charge < -0.3 is 14.7 Å². The molecule has 2 heterocycles. The van der Waals surface area contributed by atoms with Crippen molar-refractivity contribution in [3.63, 3.8) is 0 Å². The lowest BCUT2D eigenvalue weighted by atomic mass is 10.1. The standard InChI is InChI=1S/C14H20N4O4/c1-5-22-13(20)11-8-17(9(2)3)14(21)18(12(11)19)10-6-15-16(4)7-10/h6-9,14,21H,5H2,1-4H3. The van der Waals surface area contributed by atoms with Crippen molar-refractivity contribution in [2.75, 3.05) is 11.5 Å². The molecular weight excluding hydrogens is 288 g/mol. The SMILES string of the molecule is CCOC(=O)C1=CN(C(C)C)C(O)N(c2cnn(C)c2)C1=O. The Morgan fingerprint density at radius 1 is 1.50 bits per heavy atom. The zero-order valence-corrected chi connectivity index (χ0v) is 13.1. The van der Waals surface area contributed by atoms with Gasteiger partial charge in [-0.3, -0.25) is 14.4 Å². The van der Waals surface area contributed by atoms with Gasteiger partial charge in [0.2, 0.25) is 6.35 Å². The van der Waals surface area contributed by atoms with Gasteiger partial charge in [-0.2, -0.15) is 5.10 Å². The van der Waals surface area contributed by atoms with Crippen LogP contribution in [-0.2, 0) is 21.4 Å². The van der Waals surface area contributed by atoms with E-state index >= 15 is 0 Å². The van der Waals surface area contributed by atoms with Crippen molar-refractivity contribution in [1.82, 2.24) is 14.7 Å². The molecule has 1 aliphatic heterocycles. The van der Waals surface area contributed by atoms with Gasteiger partial charge >= 0.3 is 5.97 Å².